The summed E-state index contributed by atoms with van der Waals surface area (Å²) in [5.74, 6) is 0.836. The molecule has 0 aliphatic carbocycles. The second-order valence-electron chi connectivity index (χ2n) is 8.47. The fourth-order valence-electron chi connectivity index (χ4n) is 3.83. The quantitative estimate of drug-likeness (QED) is 0.427. The number of hydrogen-bond acceptors (Lipinski definition) is 6. The number of carbonyl (C=O) groups excluding carboxylic acids is 1. The summed E-state index contributed by atoms with van der Waals surface area (Å²) in [7, 11) is 0. The molecule has 198 valence electrons. The van der Waals surface area contributed by atoms with E-state index in [4.69, 9.17) is 9.84 Å². The van der Waals surface area contributed by atoms with Crippen LogP contribution in [-0.2, 0) is 6.18 Å². The molecule has 3 aromatic rings. The maximum Gasteiger partial charge on any atom is 0.416 e. The fraction of sp³-hybridized carbons (Fsp3) is 0.320. The van der Waals surface area contributed by atoms with Gasteiger partial charge in [-0.15, -0.1) is 0 Å². The van der Waals surface area contributed by atoms with Crippen LogP contribution in [0.25, 0.3) is 11.3 Å². The Morgan fingerprint density at radius 3 is 2.68 bits per heavy atom. The SMILES string of the molecule is CC1CCN(C(=O)Nc2cccc(OC[C@@H](O)CO)n2)c2nc(-c3cccc(C(F)(F)F)c3)ccc21.S. The molecule has 8 nitrogen and oxygen atoms in total. The normalized spacial score (nSPS) is 15.8. The molecule has 1 aliphatic heterocycles. The van der Waals surface area contributed by atoms with Crippen molar-refractivity contribution in [2.24, 2.45) is 0 Å². The van der Waals surface area contributed by atoms with Crippen LogP contribution in [0, 0.1) is 0 Å². The van der Waals surface area contributed by atoms with Gasteiger partial charge in [0.15, 0.2) is 0 Å². The molecule has 0 bridgehead atoms. The number of benzene rings is 1. The predicted molar refractivity (Wildman–Crippen MR) is 137 cm³/mol. The van der Waals surface area contributed by atoms with Crippen LogP contribution in [0.15, 0.2) is 54.6 Å². The van der Waals surface area contributed by atoms with Gasteiger partial charge in [0.2, 0.25) is 5.88 Å². The van der Waals surface area contributed by atoms with Crippen LogP contribution in [0.1, 0.15) is 30.4 Å². The first-order chi connectivity index (χ1) is 17.2. The van der Waals surface area contributed by atoms with Crippen molar-refractivity contribution >= 4 is 31.2 Å². The van der Waals surface area contributed by atoms with Crippen molar-refractivity contribution < 1.29 is 32.9 Å². The summed E-state index contributed by atoms with van der Waals surface area (Å²) in [4.78, 5) is 23.4. The summed E-state index contributed by atoms with van der Waals surface area (Å²) in [5, 5.41) is 21.0. The topological polar surface area (TPSA) is 108 Å². The molecule has 37 heavy (non-hydrogen) atoms. The van der Waals surface area contributed by atoms with Crippen molar-refractivity contribution in [2.75, 3.05) is 30.0 Å². The number of amides is 2. The molecule has 12 heteroatoms. The highest BCUT2D eigenvalue weighted by Gasteiger charge is 2.31. The Hall–Kier alpha value is -3.35. The first-order valence-electron chi connectivity index (χ1n) is 11.3. The molecule has 2 atom stereocenters. The van der Waals surface area contributed by atoms with E-state index < -0.39 is 30.5 Å². The molecular formula is C25H27F3N4O4S. The van der Waals surface area contributed by atoms with Crippen molar-refractivity contribution in [3.8, 4) is 17.1 Å². The average Bonchev–Trinajstić information content (AvgIpc) is 2.87. The van der Waals surface area contributed by atoms with Crippen LogP contribution in [-0.4, -0.2) is 52.1 Å². The Bertz CT molecular complexity index is 1240. The number of rotatable bonds is 6. The lowest BCUT2D eigenvalue weighted by Gasteiger charge is -2.32. The zero-order valence-corrected chi connectivity index (χ0v) is 20.9. The lowest BCUT2D eigenvalue weighted by atomic mass is 9.93. The summed E-state index contributed by atoms with van der Waals surface area (Å²) in [5.41, 5.74) is 0.655. The Morgan fingerprint density at radius 1 is 1.19 bits per heavy atom. The zero-order valence-electron chi connectivity index (χ0n) is 19.9. The number of pyridine rings is 2. The molecule has 0 saturated heterocycles. The van der Waals surface area contributed by atoms with Crippen molar-refractivity contribution in [2.45, 2.75) is 31.5 Å². The summed E-state index contributed by atoms with van der Waals surface area (Å²) in [6, 6.07) is 12.6. The minimum Gasteiger partial charge on any atom is -0.475 e. The highest BCUT2D eigenvalue weighted by atomic mass is 32.1. The number of ether oxygens (including phenoxy) is 1. The number of nitrogens with one attached hydrogen (secondary N) is 1. The van der Waals surface area contributed by atoms with Crippen molar-refractivity contribution in [3.63, 3.8) is 0 Å². The lowest BCUT2D eigenvalue weighted by Crippen LogP contribution is -2.40. The third-order valence-electron chi connectivity index (χ3n) is 5.80. The van der Waals surface area contributed by atoms with Crippen LogP contribution in [0.3, 0.4) is 0 Å². The Morgan fingerprint density at radius 2 is 1.95 bits per heavy atom. The first-order valence-corrected chi connectivity index (χ1v) is 11.3. The fourth-order valence-corrected chi connectivity index (χ4v) is 3.83. The molecule has 0 spiro atoms. The van der Waals surface area contributed by atoms with Crippen LogP contribution < -0.4 is 15.0 Å². The summed E-state index contributed by atoms with van der Waals surface area (Å²) in [6.07, 6.45) is -4.86. The molecule has 3 N–H and O–H groups in total. The Balaban J connectivity index is 0.00000380. The lowest BCUT2D eigenvalue weighted by molar-refractivity contribution is -0.137. The second kappa shape index (κ2) is 11.8. The van der Waals surface area contributed by atoms with Crippen LogP contribution >= 0.6 is 13.5 Å². The maximum absolute atomic E-state index is 13.2. The highest BCUT2D eigenvalue weighted by Crippen LogP contribution is 2.37. The highest BCUT2D eigenvalue weighted by molar-refractivity contribution is 7.59. The second-order valence-corrected chi connectivity index (χ2v) is 8.47. The predicted octanol–water partition coefficient (Wildman–Crippen LogP) is 4.55. The minimum absolute atomic E-state index is 0. The molecule has 0 radical (unpaired) electrons. The van der Waals surface area contributed by atoms with Crippen molar-refractivity contribution in [3.05, 3.63) is 65.7 Å². The van der Waals surface area contributed by atoms with Gasteiger partial charge in [-0.05, 0) is 42.2 Å². The van der Waals surface area contributed by atoms with Crippen LogP contribution in [0.5, 0.6) is 5.88 Å². The third kappa shape index (κ3) is 6.70. The molecule has 2 amide bonds. The number of anilines is 2. The Kier molecular flexibility index (Phi) is 9.00. The number of alkyl halides is 3. The monoisotopic (exact) mass is 536 g/mol. The Labute approximate surface area is 218 Å². The number of aliphatic hydroxyl groups excluding tert-OH is 2. The number of carbonyl (C=O) groups is 1. The van der Waals surface area contributed by atoms with Gasteiger partial charge in [-0.25, -0.2) is 9.78 Å². The van der Waals surface area contributed by atoms with Gasteiger partial charge in [0, 0.05) is 18.2 Å². The smallest absolute Gasteiger partial charge is 0.416 e. The van der Waals surface area contributed by atoms with Gasteiger partial charge in [-0.1, -0.05) is 31.2 Å². The van der Waals surface area contributed by atoms with E-state index in [-0.39, 0.29) is 37.7 Å². The molecule has 4 rings (SSSR count). The average molecular weight is 537 g/mol. The van der Waals surface area contributed by atoms with Gasteiger partial charge >= 0.3 is 12.2 Å². The van der Waals surface area contributed by atoms with Gasteiger partial charge in [-0.2, -0.15) is 31.7 Å². The van der Waals surface area contributed by atoms with Gasteiger partial charge in [0.25, 0.3) is 0 Å². The molecule has 0 fully saturated rings. The summed E-state index contributed by atoms with van der Waals surface area (Å²) >= 11 is 0. The van der Waals surface area contributed by atoms with E-state index in [0.717, 1.165) is 17.7 Å². The molecule has 3 heterocycles. The minimum atomic E-state index is -4.48. The number of aliphatic hydroxyl groups is 2. The molecule has 0 saturated carbocycles. The summed E-state index contributed by atoms with van der Waals surface area (Å²) in [6.45, 7) is 1.74. The van der Waals surface area contributed by atoms with Crippen molar-refractivity contribution in [1.82, 2.24) is 9.97 Å². The van der Waals surface area contributed by atoms with Crippen LogP contribution in [0.4, 0.5) is 29.6 Å². The number of hydrogen-bond donors (Lipinski definition) is 3. The largest absolute Gasteiger partial charge is 0.475 e. The number of nitrogens with zero attached hydrogens (tertiary/aromatic N) is 3. The van der Waals surface area contributed by atoms with E-state index in [1.54, 1.807) is 36.4 Å². The number of urea groups is 1. The molecule has 1 aliphatic rings. The van der Waals surface area contributed by atoms with E-state index in [9.17, 15) is 23.1 Å². The third-order valence-corrected chi connectivity index (χ3v) is 5.80. The van der Waals surface area contributed by atoms with Gasteiger partial charge < -0.3 is 14.9 Å². The summed E-state index contributed by atoms with van der Waals surface area (Å²) < 4.78 is 44.9. The standard InChI is InChI=1S/C25H25F3N4O4.H2S/c1-15-10-11-32(24(35)31-21-6-3-7-22(30-21)36-14-18(34)13-33)23-19(15)8-9-20(29-23)16-4-2-5-17(12-16)25(26,27)28;/h2-9,12,15,18,33-34H,10-11,13-14H2,1H3,(H,30,31,35);1H2/t15?,18-;/m0./s1. The van der Waals surface area contributed by atoms with Crippen LogP contribution in [0.2, 0.25) is 0 Å². The van der Waals surface area contributed by atoms with E-state index in [1.165, 1.54) is 11.0 Å². The van der Waals surface area contributed by atoms with Gasteiger partial charge in [-0.3, -0.25) is 10.2 Å². The maximum atomic E-state index is 13.2. The van der Waals surface area contributed by atoms with E-state index in [0.29, 0.717) is 30.0 Å². The van der Waals surface area contributed by atoms with E-state index >= 15 is 0 Å². The van der Waals surface area contributed by atoms with Crippen molar-refractivity contribution in [1.29, 1.82) is 0 Å². The first kappa shape index (κ1) is 28.2. The number of halogens is 3. The van der Waals surface area contributed by atoms with Gasteiger partial charge in [0.05, 0.1) is 17.9 Å². The van der Waals surface area contributed by atoms with E-state index in [2.05, 4.69) is 15.3 Å². The molecule has 2 aromatic heterocycles. The van der Waals surface area contributed by atoms with E-state index in [1.807, 2.05) is 6.92 Å². The number of aromatic nitrogens is 2. The molecular weight excluding hydrogens is 509 g/mol. The van der Waals surface area contributed by atoms with Gasteiger partial charge in [0.1, 0.15) is 24.3 Å². The molecule has 1 aromatic carbocycles. The molecule has 1 unspecified atom stereocenters. The number of fused-ring (bicyclic) bond motifs is 1. The zero-order chi connectivity index (χ0) is 25.9.